The van der Waals surface area contributed by atoms with Crippen LogP contribution in [-0.4, -0.2) is 41.5 Å². The van der Waals surface area contributed by atoms with Gasteiger partial charge in [-0.15, -0.1) is 0 Å². The molecule has 0 spiro atoms. The first-order valence-corrected chi connectivity index (χ1v) is 8.12. The molecule has 6 heteroatoms. The molecule has 0 radical (unpaired) electrons. The molecule has 1 aliphatic heterocycles. The van der Waals surface area contributed by atoms with Gasteiger partial charge < -0.3 is 15.3 Å². The fraction of sp³-hybridized carbons (Fsp3) is 0.444. The average Bonchev–Trinajstić information content (AvgIpc) is 2.61. The van der Waals surface area contributed by atoms with Crippen molar-refractivity contribution in [2.75, 3.05) is 25.0 Å². The molecule has 2 rings (SSSR count). The fourth-order valence-electron chi connectivity index (χ4n) is 2.79. The molecule has 1 aromatic rings. The Balaban J connectivity index is 1.84. The van der Waals surface area contributed by atoms with E-state index in [1.54, 1.807) is 4.90 Å². The van der Waals surface area contributed by atoms with Gasteiger partial charge >= 0.3 is 0 Å². The van der Waals surface area contributed by atoms with E-state index < -0.39 is 5.91 Å². The first-order chi connectivity index (χ1) is 11.5. The molecule has 0 aromatic heterocycles. The van der Waals surface area contributed by atoms with Gasteiger partial charge in [0.1, 0.15) is 5.82 Å². The Hall–Kier alpha value is -2.21. The molecule has 24 heavy (non-hydrogen) atoms. The number of piperidine rings is 1. The number of nitrogens with zero attached hydrogens (tertiary/aromatic N) is 1. The maximum Gasteiger partial charge on any atom is 0.248 e. The SMILES string of the molecule is CCC1(CO)CCN(C(=O)/C=C/C(=O)Nc2ccc(F)cc2)CC1. The Bertz CT molecular complexity index is 599. The van der Waals surface area contributed by atoms with Crippen molar-refractivity contribution >= 4 is 17.5 Å². The van der Waals surface area contributed by atoms with E-state index in [0.717, 1.165) is 19.3 Å². The number of carbonyl (C=O) groups excluding carboxylic acids is 2. The number of aliphatic hydroxyl groups is 1. The van der Waals surface area contributed by atoms with Gasteiger partial charge in [0, 0.05) is 37.5 Å². The van der Waals surface area contributed by atoms with Crippen LogP contribution in [-0.2, 0) is 9.59 Å². The van der Waals surface area contributed by atoms with Crippen molar-refractivity contribution in [1.82, 2.24) is 4.90 Å². The van der Waals surface area contributed by atoms with Crippen LogP contribution in [0.4, 0.5) is 10.1 Å². The zero-order valence-corrected chi connectivity index (χ0v) is 13.8. The number of carbonyl (C=O) groups is 2. The van der Waals surface area contributed by atoms with E-state index in [1.165, 1.54) is 36.4 Å². The van der Waals surface area contributed by atoms with Gasteiger partial charge in [0.05, 0.1) is 0 Å². The van der Waals surface area contributed by atoms with Crippen LogP contribution in [0.15, 0.2) is 36.4 Å². The summed E-state index contributed by atoms with van der Waals surface area (Å²) < 4.78 is 12.8. The number of anilines is 1. The van der Waals surface area contributed by atoms with E-state index in [-0.39, 0.29) is 23.7 Å². The van der Waals surface area contributed by atoms with Crippen molar-refractivity contribution in [3.05, 3.63) is 42.2 Å². The monoisotopic (exact) mass is 334 g/mol. The van der Waals surface area contributed by atoms with Crippen molar-refractivity contribution in [2.24, 2.45) is 5.41 Å². The molecule has 1 heterocycles. The van der Waals surface area contributed by atoms with Gasteiger partial charge in [-0.05, 0) is 48.9 Å². The van der Waals surface area contributed by atoms with E-state index in [1.807, 2.05) is 6.92 Å². The van der Waals surface area contributed by atoms with Crippen LogP contribution >= 0.6 is 0 Å². The molecule has 0 unspecified atom stereocenters. The van der Waals surface area contributed by atoms with Crippen LogP contribution in [0.3, 0.4) is 0 Å². The number of rotatable bonds is 5. The summed E-state index contributed by atoms with van der Waals surface area (Å²) in [6.45, 7) is 3.35. The second kappa shape index (κ2) is 8.06. The minimum Gasteiger partial charge on any atom is -0.396 e. The molecule has 1 fully saturated rings. The Morgan fingerprint density at radius 2 is 1.88 bits per heavy atom. The molecule has 2 N–H and O–H groups in total. The molecule has 130 valence electrons. The van der Waals surface area contributed by atoms with Crippen molar-refractivity contribution in [3.8, 4) is 0 Å². The maximum atomic E-state index is 12.8. The van der Waals surface area contributed by atoms with Crippen molar-refractivity contribution in [1.29, 1.82) is 0 Å². The average molecular weight is 334 g/mol. The highest BCUT2D eigenvalue weighted by atomic mass is 19.1. The lowest BCUT2D eigenvalue weighted by Crippen LogP contribution is -2.43. The lowest BCUT2D eigenvalue weighted by atomic mass is 9.77. The van der Waals surface area contributed by atoms with Crippen LogP contribution < -0.4 is 5.32 Å². The second-order valence-corrected chi connectivity index (χ2v) is 6.17. The van der Waals surface area contributed by atoms with E-state index in [0.29, 0.717) is 18.8 Å². The van der Waals surface area contributed by atoms with Crippen molar-refractivity contribution < 1.29 is 19.1 Å². The third-order valence-corrected chi connectivity index (χ3v) is 4.71. The van der Waals surface area contributed by atoms with Gasteiger partial charge in [0.15, 0.2) is 0 Å². The standard InChI is InChI=1S/C18H23FN2O3/c1-2-18(13-22)9-11-21(12-10-18)17(24)8-7-16(23)20-15-5-3-14(19)4-6-15/h3-8,22H,2,9-13H2,1H3,(H,20,23)/b8-7+. The molecule has 2 amide bonds. The predicted molar refractivity (Wildman–Crippen MR) is 89.8 cm³/mol. The minimum absolute atomic E-state index is 0.0829. The van der Waals surface area contributed by atoms with Crippen LogP contribution in [0.2, 0.25) is 0 Å². The van der Waals surface area contributed by atoms with Gasteiger partial charge in [-0.2, -0.15) is 0 Å². The summed E-state index contributed by atoms with van der Waals surface area (Å²) in [5.41, 5.74) is 0.382. The summed E-state index contributed by atoms with van der Waals surface area (Å²) in [6, 6.07) is 5.40. The minimum atomic E-state index is -0.440. The molecule has 1 saturated heterocycles. The Morgan fingerprint density at radius 1 is 1.25 bits per heavy atom. The molecular weight excluding hydrogens is 311 g/mol. The number of hydrogen-bond donors (Lipinski definition) is 2. The first-order valence-electron chi connectivity index (χ1n) is 8.12. The van der Waals surface area contributed by atoms with Gasteiger partial charge in [-0.1, -0.05) is 6.92 Å². The molecule has 1 aliphatic rings. The largest absolute Gasteiger partial charge is 0.396 e. The summed E-state index contributed by atoms with van der Waals surface area (Å²) in [5, 5.41) is 12.1. The number of hydrogen-bond acceptors (Lipinski definition) is 3. The van der Waals surface area contributed by atoms with Crippen LogP contribution in [0.1, 0.15) is 26.2 Å². The quantitative estimate of drug-likeness (QED) is 0.812. The first kappa shape index (κ1) is 18.1. The molecule has 0 bridgehead atoms. The summed E-state index contributed by atoms with van der Waals surface area (Å²) in [5.74, 6) is -1.04. The number of likely N-dealkylation sites (tertiary alicyclic amines) is 1. The molecule has 1 aromatic carbocycles. The maximum absolute atomic E-state index is 12.8. The molecule has 5 nitrogen and oxygen atoms in total. The highest BCUT2D eigenvalue weighted by Gasteiger charge is 2.33. The number of benzene rings is 1. The second-order valence-electron chi connectivity index (χ2n) is 6.17. The molecule has 0 aliphatic carbocycles. The van der Waals surface area contributed by atoms with Crippen molar-refractivity contribution in [2.45, 2.75) is 26.2 Å². The third-order valence-electron chi connectivity index (χ3n) is 4.71. The molecular formula is C18H23FN2O3. The lowest BCUT2D eigenvalue weighted by Gasteiger charge is -2.39. The third kappa shape index (κ3) is 4.64. The van der Waals surface area contributed by atoms with Crippen LogP contribution in [0, 0.1) is 11.2 Å². The Morgan fingerprint density at radius 3 is 2.42 bits per heavy atom. The highest BCUT2D eigenvalue weighted by molar-refractivity contribution is 6.03. The molecule has 0 saturated carbocycles. The van der Waals surface area contributed by atoms with E-state index >= 15 is 0 Å². The predicted octanol–water partition coefficient (Wildman–Crippen LogP) is 2.33. The van der Waals surface area contributed by atoms with Gasteiger partial charge in [0.2, 0.25) is 11.8 Å². The van der Waals surface area contributed by atoms with Crippen LogP contribution in [0.25, 0.3) is 0 Å². The summed E-state index contributed by atoms with van der Waals surface area (Å²) in [4.78, 5) is 25.6. The smallest absolute Gasteiger partial charge is 0.248 e. The summed E-state index contributed by atoms with van der Waals surface area (Å²) in [7, 11) is 0. The van der Waals surface area contributed by atoms with E-state index in [9.17, 15) is 19.1 Å². The number of aliphatic hydroxyl groups excluding tert-OH is 1. The Kier molecular flexibility index (Phi) is 6.09. The Labute approximate surface area is 141 Å². The van der Waals surface area contributed by atoms with Gasteiger partial charge in [0.25, 0.3) is 0 Å². The van der Waals surface area contributed by atoms with E-state index in [4.69, 9.17) is 0 Å². The fourth-order valence-corrected chi connectivity index (χ4v) is 2.79. The molecule has 0 atom stereocenters. The van der Waals surface area contributed by atoms with Crippen molar-refractivity contribution in [3.63, 3.8) is 0 Å². The number of amides is 2. The highest BCUT2D eigenvalue weighted by Crippen LogP contribution is 2.34. The summed E-state index contributed by atoms with van der Waals surface area (Å²) >= 11 is 0. The number of nitrogens with one attached hydrogen (secondary N) is 1. The zero-order valence-electron chi connectivity index (χ0n) is 13.8. The van der Waals surface area contributed by atoms with Crippen LogP contribution in [0.5, 0.6) is 0 Å². The zero-order chi connectivity index (χ0) is 17.6. The normalized spacial score (nSPS) is 17.0. The topological polar surface area (TPSA) is 69.6 Å². The summed E-state index contributed by atoms with van der Waals surface area (Å²) in [6.07, 6.45) is 4.85. The number of halogens is 1. The van der Waals surface area contributed by atoms with E-state index in [2.05, 4.69) is 5.32 Å². The van der Waals surface area contributed by atoms with Gasteiger partial charge in [-0.3, -0.25) is 9.59 Å². The lowest BCUT2D eigenvalue weighted by molar-refractivity contribution is -0.129. The van der Waals surface area contributed by atoms with Gasteiger partial charge in [-0.25, -0.2) is 4.39 Å².